The first-order valence-electron chi connectivity index (χ1n) is 7.26. The molecule has 0 unspecified atom stereocenters. The van der Waals surface area contributed by atoms with E-state index in [1.54, 1.807) is 0 Å². The molecule has 0 aliphatic carbocycles. The molecule has 1 heterocycles. The Morgan fingerprint density at radius 2 is 1.80 bits per heavy atom. The lowest BCUT2D eigenvalue weighted by Crippen LogP contribution is -2.05. The maximum Gasteiger partial charge on any atom is 0.0827 e. The van der Waals surface area contributed by atoms with E-state index in [1.807, 2.05) is 4.68 Å². The van der Waals surface area contributed by atoms with Gasteiger partial charge in [-0.1, -0.05) is 22.9 Å². The fourth-order valence-electron chi connectivity index (χ4n) is 2.60. The van der Waals surface area contributed by atoms with Crippen molar-refractivity contribution in [3.05, 3.63) is 46.3 Å². The third-order valence-electron chi connectivity index (χ3n) is 3.63. The van der Waals surface area contributed by atoms with Crippen LogP contribution in [0.2, 0.25) is 0 Å². The van der Waals surface area contributed by atoms with E-state index >= 15 is 0 Å². The summed E-state index contributed by atoms with van der Waals surface area (Å²) in [5, 5.41) is 8.46. The molecule has 20 heavy (non-hydrogen) atoms. The Hall–Kier alpha value is -1.68. The molecule has 0 radical (unpaired) electrons. The maximum atomic E-state index is 5.50. The lowest BCUT2D eigenvalue weighted by molar-refractivity contribution is 0.644. The Kier molecular flexibility index (Phi) is 4.90. The van der Waals surface area contributed by atoms with Crippen LogP contribution in [0.15, 0.2) is 18.3 Å². The predicted molar refractivity (Wildman–Crippen MR) is 81.8 cm³/mol. The highest BCUT2D eigenvalue weighted by Gasteiger charge is 2.07. The molecule has 0 spiro atoms. The highest BCUT2D eigenvalue weighted by atomic mass is 15.4. The van der Waals surface area contributed by atoms with Crippen molar-refractivity contribution in [1.82, 2.24) is 15.0 Å². The molecule has 0 aliphatic heterocycles. The first-order chi connectivity index (χ1) is 9.60. The van der Waals surface area contributed by atoms with Gasteiger partial charge in [0.25, 0.3) is 0 Å². The second kappa shape index (κ2) is 6.66. The van der Waals surface area contributed by atoms with Gasteiger partial charge < -0.3 is 5.73 Å². The summed E-state index contributed by atoms with van der Waals surface area (Å²) < 4.78 is 1.93. The summed E-state index contributed by atoms with van der Waals surface area (Å²) >= 11 is 0. The smallest absolute Gasteiger partial charge is 0.0827 e. The number of nitrogens with two attached hydrogens (primary N) is 1. The summed E-state index contributed by atoms with van der Waals surface area (Å²) in [4.78, 5) is 0. The van der Waals surface area contributed by atoms with Crippen LogP contribution in [0.1, 0.15) is 40.8 Å². The van der Waals surface area contributed by atoms with Crippen LogP contribution in [0.4, 0.5) is 0 Å². The molecule has 2 aromatic rings. The molecule has 4 heteroatoms. The molecular formula is C16H24N4. The second-order valence-corrected chi connectivity index (χ2v) is 5.53. The van der Waals surface area contributed by atoms with Gasteiger partial charge in [-0.15, -0.1) is 5.10 Å². The number of unbranched alkanes of at least 4 members (excludes halogenated alkanes) is 1. The molecule has 0 bridgehead atoms. The second-order valence-electron chi connectivity index (χ2n) is 5.53. The van der Waals surface area contributed by atoms with E-state index in [0.29, 0.717) is 0 Å². The molecule has 0 amide bonds. The summed E-state index contributed by atoms with van der Waals surface area (Å²) in [6.07, 6.45) is 5.14. The van der Waals surface area contributed by atoms with Gasteiger partial charge in [0, 0.05) is 6.20 Å². The number of hydrogen-bond donors (Lipinski definition) is 1. The van der Waals surface area contributed by atoms with E-state index in [-0.39, 0.29) is 0 Å². The summed E-state index contributed by atoms with van der Waals surface area (Å²) in [6, 6.07) is 4.45. The van der Waals surface area contributed by atoms with E-state index in [4.69, 9.17) is 5.73 Å². The third-order valence-corrected chi connectivity index (χ3v) is 3.63. The van der Waals surface area contributed by atoms with Crippen molar-refractivity contribution in [2.24, 2.45) is 5.73 Å². The number of benzene rings is 1. The van der Waals surface area contributed by atoms with Crippen LogP contribution in [0.5, 0.6) is 0 Å². The topological polar surface area (TPSA) is 56.7 Å². The van der Waals surface area contributed by atoms with E-state index < -0.39 is 0 Å². The van der Waals surface area contributed by atoms with E-state index in [1.165, 1.54) is 22.3 Å². The Balaban J connectivity index is 2.07. The molecule has 0 saturated heterocycles. The average molecular weight is 272 g/mol. The van der Waals surface area contributed by atoms with Crippen LogP contribution in [0.3, 0.4) is 0 Å². The van der Waals surface area contributed by atoms with Crippen LogP contribution in [0.25, 0.3) is 0 Å². The lowest BCUT2D eigenvalue weighted by Gasteiger charge is -2.10. The molecule has 108 valence electrons. The minimum Gasteiger partial charge on any atom is -0.330 e. The highest BCUT2D eigenvalue weighted by Crippen LogP contribution is 2.17. The average Bonchev–Trinajstić information content (AvgIpc) is 2.82. The molecule has 0 fully saturated rings. The van der Waals surface area contributed by atoms with Crippen molar-refractivity contribution in [3.63, 3.8) is 0 Å². The van der Waals surface area contributed by atoms with Crippen molar-refractivity contribution in [1.29, 1.82) is 0 Å². The monoisotopic (exact) mass is 272 g/mol. The molecule has 4 nitrogen and oxygen atoms in total. The summed E-state index contributed by atoms with van der Waals surface area (Å²) in [7, 11) is 0. The lowest BCUT2D eigenvalue weighted by atomic mass is 10.00. The quantitative estimate of drug-likeness (QED) is 0.822. The number of nitrogens with zero attached hydrogens (tertiary/aromatic N) is 3. The van der Waals surface area contributed by atoms with Crippen LogP contribution < -0.4 is 5.73 Å². The van der Waals surface area contributed by atoms with Gasteiger partial charge in [-0.2, -0.15) is 0 Å². The SMILES string of the molecule is Cc1cc(C)c(Cn2cc(CCCCN)nn2)c(C)c1. The van der Waals surface area contributed by atoms with Crippen LogP contribution >= 0.6 is 0 Å². The fraction of sp³-hybridized carbons (Fsp3) is 0.500. The Bertz CT molecular complexity index is 549. The summed E-state index contributed by atoms with van der Waals surface area (Å²) in [5.74, 6) is 0. The largest absolute Gasteiger partial charge is 0.330 e. The zero-order valence-electron chi connectivity index (χ0n) is 12.7. The number of rotatable bonds is 6. The molecule has 0 saturated carbocycles. The van der Waals surface area contributed by atoms with Crippen molar-refractivity contribution < 1.29 is 0 Å². The summed E-state index contributed by atoms with van der Waals surface area (Å²) in [5.41, 5.74) is 11.9. The van der Waals surface area contributed by atoms with Gasteiger partial charge in [0.05, 0.1) is 12.2 Å². The van der Waals surface area contributed by atoms with Crippen LogP contribution in [-0.4, -0.2) is 21.5 Å². The Morgan fingerprint density at radius 3 is 2.45 bits per heavy atom. The number of aryl methyl sites for hydroxylation is 4. The number of aromatic nitrogens is 3. The molecule has 1 aromatic heterocycles. The number of hydrogen-bond acceptors (Lipinski definition) is 3. The van der Waals surface area contributed by atoms with E-state index in [2.05, 4.69) is 49.4 Å². The zero-order chi connectivity index (χ0) is 14.5. The molecule has 2 N–H and O–H groups in total. The van der Waals surface area contributed by atoms with Gasteiger partial charge >= 0.3 is 0 Å². The van der Waals surface area contributed by atoms with Crippen molar-refractivity contribution >= 4 is 0 Å². The van der Waals surface area contributed by atoms with Gasteiger partial charge in [0.1, 0.15) is 0 Å². The zero-order valence-corrected chi connectivity index (χ0v) is 12.7. The van der Waals surface area contributed by atoms with E-state index in [9.17, 15) is 0 Å². The summed E-state index contributed by atoms with van der Waals surface area (Å²) in [6.45, 7) is 8.00. The first kappa shape index (κ1) is 14.7. The van der Waals surface area contributed by atoms with Crippen molar-refractivity contribution in [2.45, 2.75) is 46.6 Å². The fourth-order valence-corrected chi connectivity index (χ4v) is 2.60. The van der Waals surface area contributed by atoms with Crippen molar-refractivity contribution in [2.75, 3.05) is 6.54 Å². The van der Waals surface area contributed by atoms with Gasteiger partial charge in [-0.3, -0.25) is 0 Å². The standard InChI is InChI=1S/C16H24N4/c1-12-8-13(2)16(14(3)9-12)11-20-10-15(18-19-20)6-4-5-7-17/h8-10H,4-7,11,17H2,1-3H3. The molecular weight excluding hydrogens is 248 g/mol. The van der Waals surface area contributed by atoms with Gasteiger partial charge in [0.15, 0.2) is 0 Å². The molecule has 2 rings (SSSR count). The normalized spacial score (nSPS) is 11.0. The van der Waals surface area contributed by atoms with Gasteiger partial charge in [0.2, 0.25) is 0 Å². The Morgan fingerprint density at radius 1 is 1.10 bits per heavy atom. The third kappa shape index (κ3) is 3.67. The maximum absolute atomic E-state index is 5.50. The van der Waals surface area contributed by atoms with Crippen LogP contribution in [-0.2, 0) is 13.0 Å². The van der Waals surface area contributed by atoms with Crippen LogP contribution in [0, 0.1) is 20.8 Å². The highest BCUT2D eigenvalue weighted by molar-refractivity contribution is 5.37. The van der Waals surface area contributed by atoms with Gasteiger partial charge in [-0.25, -0.2) is 4.68 Å². The van der Waals surface area contributed by atoms with Gasteiger partial charge in [-0.05, 0) is 63.3 Å². The first-order valence-corrected chi connectivity index (χ1v) is 7.26. The predicted octanol–water partition coefficient (Wildman–Crippen LogP) is 2.53. The Labute approximate surface area is 121 Å². The minimum absolute atomic E-state index is 0.746. The molecule has 0 atom stereocenters. The minimum atomic E-state index is 0.746. The molecule has 1 aromatic carbocycles. The van der Waals surface area contributed by atoms with E-state index in [0.717, 1.165) is 38.0 Å². The molecule has 0 aliphatic rings. The van der Waals surface area contributed by atoms with Crippen molar-refractivity contribution in [3.8, 4) is 0 Å².